The third kappa shape index (κ3) is 5.38. The molecular formula is C14H20F3NO2. The molecule has 1 aromatic carbocycles. The van der Waals surface area contributed by atoms with Crippen LogP contribution in [0, 0.1) is 0 Å². The van der Waals surface area contributed by atoms with Gasteiger partial charge in [0.2, 0.25) is 0 Å². The number of nitrogens with one attached hydrogen (secondary N) is 1. The number of rotatable bonds is 7. The zero-order valence-corrected chi connectivity index (χ0v) is 11.6. The van der Waals surface area contributed by atoms with Gasteiger partial charge in [0.05, 0.1) is 5.60 Å². The highest BCUT2D eigenvalue weighted by Crippen LogP contribution is 2.34. The Morgan fingerprint density at radius 1 is 1.20 bits per heavy atom. The summed E-state index contributed by atoms with van der Waals surface area (Å²) < 4.78 is 41.0. The topological polar surface area (TPSA) is 41.5 Å². The second-order valence-electron chi connectivity index (χ2n) is 4.82. The Morgan fingerprint density at radius 3 is 2.45 bits per heavy atom. The largest absolute Gasteiger partial charge is 0.573 e. The Kier molecular flexibility index (Phi) is 5.83. The van der Waals surface area contributed by atoms with E-state index in [1.165, 1.54) is 25.1 Å². The molecule has 114 valence electrons. The molecule has 0 aliphatic carbocycles. The van der Waals surface area contributed by atoms with Crippen molar-refractivity contribution in [3.8, 4) is 5.75 Å². The van der Waals surface area contributed by atoms with Crippen LogP contribution in [0.4, 0.5) is 13.2 Å². The number of alkyl halides is 3. The van der Waals surface area contributed by atoms with Crippen molar-refractivity contribution in [3.05, 3.63) is 29.8 Å². The van der Waals surface area contributed by atoms with Gasteiger partial charge < -0.3 is 15.2 Å². The fraction of sp³-hybridized carbons (Fsp3) is 0.571. The fourth-order valence-electron chi connectivity index (χ4n) is 1.89. The molecule has 0 amide bonds. The first-order valence-corrected chi connectivity index (χ1v) is 6.54. The van der Waals surface area contributed by atoms with Crippen molar-refractivity contribution in [2.45, 2.75) is 38.7 Å². The highest BCUT2D eigenvalue weighted by Gasteiger charge is 2.35. The molecule has 2 N–H and O–H groups in total. The van der Waals surface area contributed by atoms with Crippen LogP contribution in [0.2, 0.25) is 0 Å². The minimum absolute atomic E-state index is 0.135. The van der Waals surface area contributed by atoms with E-state index in [1.807, 2.05) is 6.92 Å². The number of aliphatic hydroxyl groups is 1. The molecule has 1 aromatic rings. The van der Waals surface area contributed by atoms with E-state index < -0.39 is 12.0 Å². The predicted molar refractivity (Wildman–Crippen MR) is 70.5 cm³/mol. The van der Waals surface area contributed by atoms with Gasteiger partial charge in [-0.15, -0.1) is 13.2 Å². The number of hydrogen-bond acceptors (Lipinski definition) is 3. The first kappa shape index (κ1) is 16.8. The lowest BCUT2D eigenvalue weighted by atomic mass is 9.91. The van der Waals surface area contributed by atoms with Crippen LogP contribution in [0.15, 0.2) is 24.3 Å². The van der Waals surface area contributed by atoms with E-state index in [4.69, 9.17) is 0 Å². The molecule has 0 heterocycles. The smallest absolute Gasteiger partial charge is 0.405 e. The maximum atomic E-state index is 12.3. The summed E-state index contributed by atoms with van der Waals surface area (Å²) in [6.45, 7) is 4.81. The van der Waals surface area contributed by atoms with Gasteiger partial charge in [0.1, 0.15) is 5.75 Å². The van der Waals surface area contributed by atoms with Crippen molar-refractivity contribution in [3.63, 3.8) is 0 Å². The highest BCUT2D eigenvalue weighted by molar-refractivity contribution is 5.37. The second kappa shape index (κ2) is 6.95. The second-order valence-corrected chi connectivity index (χ2v) is 4.82. The highest BCUT2D eigenvalue weighted by atomic mass is 19.4. The number of benzene rings is 1. The maximum absolute atomic E-state index is 12.3. The number of ether oxygens (including phenoxy) is 1. The fourth-order valence-corrected chi connectivity index (χ4v) is 1.89. The number of para-hydroxylation sites is 1. The van der Waals surface area contributed by atoms with E-state index in [-0.39, 0.29) is 11.3 Å². The lowest BCUT2D eigenvalue weighted by molar-refractivity contribution is -0.275. The van der Waals surface area contributed by atoms with Crippen molar-refractivity contribution in [2.75, 3.05) is 13.1 Å². The number of halogens is 3. The van der Waals surface area contributed by atoms with Crippen molar-refractivity contribution < 1.29 is 23.0 Å². The van der Waals surface area contributed by atoms with Gasteiger partial charge in [-0.05, 0) is 38.9 Å². The normalized spacial score (nSPS) is 14.9. The Morgan fingerprint density at radius 2 is 1.85 bits per heavy atom. The van der Waals surface area contributed by atoms with Crippen LogP contribution in [-0.2, 0) is 5.60 Å². The van der Waals surface area contributed by atoms with Crippen LogP contribution < -0.4 is 10.1 Å². The predicted octanol–water partition coefficient (Wildman–Crippen LogP) is 3.18. The maximum Gasteiger partial charge on any atom is 0.573 e. The third-order valence-corrected chi connectivity index (χ3v) is 2.91. The Bertz CT molecular complexity index is 419. The zero-order chi connectivity index (χ0) is 15.2. The molecular weight excluding hydrogens is 271 g/mol. The molecule has 0 spiro atoms. The summed E-state index contributed by atoms with van der Waals surface area (Å²) >= 11 is 0. The van der Waals surface area contributed by atoms with E-state index in [1.54, 1.807) is 6.07 Å². The summed E-state index contributed by atoms with van der Waals surface area (Å²) in [5, 5.41) is 13.5. The van der Waals surface area contributed by atoms with Gasteiger partial charge in [-0.2, -0.15) is 0 Å². The Labute approximate surface area is 116 Å². The monoisotopic (exact) mass is 291 g/mol. The molecule has 0 bridgehead atoms. The van der Waals surface area contributed by atoms with Gasteiger partial charge >= 0.3 is 6.36 Å². The lowest BCUT2D eigenvalue weighted by Gasteiger charge is -2.26. The first-order chi connectivity index (χ1) is 9.26. The molecule has 1 atom stereocenters. The van der Waals surface area contributed by atoms with Crippen LogP contribution in [0.3, 0.4) is 0 Å². The quantitative estimate of drug-likeness (QED) is 0.758. The van der Waals surface area contributed by atoms with Gasteiger partial charge in [0.25, 0.3) is 0 Å². The lowest BCUT2D eigenvalue weighted by Crippen LogP contribution is -2.29. The SMILES string of the molecule is CCCNCCC(C)(O)c1ccccc1OC(F)(F)F. The molecule has 0 aliphatic rings. The molecule has 0 radical (unpaired) electrons. The van der Waals surface area contributed by atoms with Gasteiger partial charge in [0.15, 0.2) is 0 Å². The molecule has 0 fully saturated rings. The van der Waals surface area contributed by atoms with Crippen molar-refractivity contribution in [1.82, 2.24) is 5.32 Å². The summed E-state index contributed by atoms with van der Waals surface area (Å²) in [7, 11) is 0. The Hall–Kier alpha value is -1.27. The van der Waals surface area contributed by atoms with E-state index in [9.17, 15) is 18.3 Å². The van der Waals surface area contributed by atoms with Crippen molar-refractivity contribution in [1.29, 1.82) is 0 Å². The summed E-state index contributed by atoms with van der Waals surface area (Å²) in [6.07, 6.45) is -3.52. The molecule has 1 unspecified atom stereocenters. The van der Waals surface area contributed by atoms with Gasteiger partial charge in [0, 0.05) is 5.56 Å². The molecule has 0 aromatic heterocycles. The Balaban J connectivity index is 2.82. The molecule has 1 rings (SSSR count). The van der Waals surface area contributed by atoms with Gasteiger partial charge in [-0.25, -0.2) is 0 Å². The van der Waals surface area contributed by atoms with E-state index in [2.05, 4.69) is 10.1 Å². The summed E-state index contributed by atoms with van der Waals surface area (Å²) in [4.78, 5) is 0. The van der Waals surface area contributed by atoms with Crippen LogP contribution >= 0.6 is 0 Å². The van der Waals surface area contributed by atoms with Crippen LogP contribution in [0.25, 0.3) is 0 Å². The third-order valence-electron chi connectivity index (χ3n) is 2.91. The summed E-state index contributed by atoms with van der Waals surface area (Å²) in [5.74, 6) is -0.361. The molecule has 6 heteroatoms. The molecule has 0 saturated heterocycles. The van der Waals surface area contributed by atoms with E-state index in [0.29, 0.717) is 13.0 Å². The molecule has 20 heavy (non-hydrogen) atoms. The van der Waals surface area contributed by atoms with Crippen molar-refractivity contribution in [2.24, 2.45) is 0 Å². The van der Waals surface area contributed by atoms with Gasteiger partial charge in [-0.1, -0.05) is 25.1 Å². The van der Waals surface area contributed by atoms with E-state index in [0.717, 1.165) is 13.0 Å². The zero-order valence-electron chi connectivity index (χ0n) is 11.6. The average molecular weight is 291 g/mol. The number of hydrogen-bond donors (Lipinski definition) is 2. The minimum atomic E-state index is -4.77. The molecule has 0 aliphatic heterocycles. The molecule has 3 nitrogen and oxygen atoms in total. The minimum Gasteiger partial charge on any atom is -0.405 e. The standard InChI is InChI=1S/C14H20F3NO2/c1-3-9-18-10-8-13(2,19)11-6-4-5-7-12(11)20-14(15,16)17/h4-7,18-19H,3,8-10H2,1-2H3. The van der Waals surface area contributed by atoms with E-state index >= 15 is 0 Å². The first-order valence-electron chi connectivity index (χ1n) is 6.54. The summed E-state index contributed by atoms with van der Waals surface area (Å²) in [6, 6.07) is 5.67. The molecule has 0 saturated carbocycles. The van der Waals surface area contributed by atoms with Gasteiger partial charge in [-0.3, -0.25) is 0 Å². The van der Waals surface area contributed by atoms with Crippen LogP contribution in [0.1, 0.15) is 32.3 Å². The van der Waals surface area contributed by atoms with Crippen LogP contribution in [-0.4, -0.2) is 24.6 Å². The summed E-state index contributed by atoms with van der Waals surface area (Å²) in [5.41, 5.74) is -1.25. The van der Waals surface area contributed by atoms with Crippen LogP contribution in [0.5, 0.6) is 5.75 Å². The average Bonchev–Trinajstić information content (AvgIpc) is 2.33. The van der Waals surface area contributed by atoms with Crippen molar-refractivity contribution >= 4 is 0 Å².